The Morgan fingerprint density at radius 3 is 2.46 bits per heavy atom. The molecule has 162 valence electrons. The third-order valence-electron chi connectivity index (χ3n) is 5.47. The first-order chi connectivity index (χ1) is 13.4. The number of hydroxylamine groups is 1. The van der Waals surface area contributed by atoms with Gasteiger partial charge < -0.3 is 11.1 Å². The largest absolute Gasteiger partial charge is 0.369 e. The summed E-state index contributed by atoms with van der Waals surface area (Å²) >= 11 is 1.46. The molecule has 0 bridgehead atoms. The second kappa shape index (κ2) is 13.8. The number of thioether (sulfide) groups is 1. The highest BCUT2D eigenvalue weighted by molar-refractivity contribution is 8.00. The van der Waals surface area contributed by atoms with Gasteiger partial charge in [0, 0.05) is 24.1 Å². The van der Waals surface area contributed by atoms with Crippen molar-refractivity contribution in [2.45, 2.75) is 89.3 Å². The first-order valence-corrected chi connectivity index (χ1v) is 11.6. The summed E-state index contributed by atoms with van der Waals surface area (Å²) in [5, 5.41) is 11.6. The van der Waals surface area contributed by atoms with Crippen LogP contribution in [0, 0.1) is 11.8 Å². The quantitative estimate of drug-likeness (QED) is 0.272. The maximum Gasteiger partial charge on any atom is 0.244 e. The Labute approximate surface area is 172 Å². The van der Waals surface area contributed by atoms with E-state index >= 15 is 0 Å². The van der Waals surface area contributed by atoms with Crippen LogP contribution in [-0.4, -0.2) is 40.0 Å². The molecule has 0 spiro atoms. The van der Waals surface area contributed by atoms with Gasteiger partial charge >= 0.3 is 0 Å². The summed E-state index contributed by atoms with van der Waals surface area (Å²) in [4.78, 5) is 35.8. The van der Waals surface area contributed by atoms with Crippen LogP contribution < -0.4 is 16.5 Å². The molecular formula is C20H37N3O4S. The average molecular weight is 416 g/mol. The smallest absolute Gasteiger partial charge is 0.244 e. The molecular weight excluding hydrogens is 378 g/mol. The lowest BCUT2D eigenvalue weighted by molar-refractivity contribution is -0.135. The van der Waals surface area contributed by atoms with E-state index < -0.39 is 11.8 Å². The van der Waals surface area contributed by atoms with E-state index in [9.17, 15) is 14.4 Å². The highest BCUT2D eigenvalue weighted by Gasteiger charge is 2.26. The highest BCUT2D eigenvalue weighted by Crippen LogP contribution is 2.29. The molecule has 8 heteroatoms. The van der Waals surface area contributed by atoms with Crippen LogP contribution in [0.1, 0.15) is 78.1 Å². The van der Waals surface area contributed by atoms with Gasteiger partial charge in [-0.3, -0.25) is 19.6 Å². The van der Waals surface area contributed by atoms with E-state index in [1.807, 2.05) is 6.92 Å². The van der Waals surface area contributed by atoms with Crippen LogP contribution in [0.15, 0.2) is 0 Å². The number of carbonyl (C=O) groups is 3. The van der Waals surface area contributed by atoms with Gasteiger partial charge in [-0.2, -0.15) is 0 Å². The van der Waals surface area contributed by atoms with Crippen molar-refractivity contribution in [1.82, 2.24) is 10.8 Å². The van der Waals surface area contributed by atoms with E-state index in [2.05, 4.69) is 5.32 Å². The summed E-state index contributed by atoms with van der Waals surface area (Å²) in [5.74, 6) is -0.299. The molecule has 1 rings (SSSR count). The van der Waals surface area contributed by atoms with E-state index in [4.69, 9.17) is 10.9 Å². The normalized spacial score (nSPS) is 18.1. The van der Waals surface area contributed by atoms with Crippen molar-refractivity contribution in [2.24, 2.45) is 17.6 Å². The molecule has 7 nitrogen and oxygen atoms in total. The Kier molecular flexibility index (Phi) is 12.2. The SMILES string of the molecule is CCCCC(CC(=O)NO)C(=O)NC(CSC(C)C(N)=O)CC1CCCCC1. The molecule has 0 aromatic carbocycles. The summed E-state index contributed by atoms with van der Waals surface area (Å²) in [6, 6.07) is -0.0521. The van der Waals surface area contributed by atoms with Gasteiger partial charge in [0.25, 0.3) is 0 Å². The third kappa shape index (κ3) is 9.78. The van der Waals surface area contributed by atoms with Gasteiger partial charge in [-0.25, -0.2) is 5.48 Å². The number of hydrogen-bond acceptors (Lipinski definition) is 5. The molecule has 0 aromatic heterocycles. The molecule has 28 heavy (non-hydrogen) atoms. The van der Waals surface area contributed by atoms with Crippen LogP contribution in [-0.2, 0) is 14.4 Å². The molecule has 3 atom stereocenters. The minimum absolute atomic E-state index is 0.0245. The van der Waals surface area contributed by atoms with Crippen molar-refractivity contribution in [2.75, 3.05) is 5.75 Å². The second-order valence-corrected chi connectivity index (χ2v) is 9.28. The Bertz CT molecular complexity index is 498. The average Bonchev–Trinajstić information content (AvgIpc) is 2.69. The number of carbonyl (C=O) groups excluding carboxylic acids is 3. The predicted molar refractivity (Wildman–Crippen MR) is 112 cm³/mol. The number of unbranched alkanes of at least 4 members (excludes halogenated alkanes) is 1. The number of rotatable bonds is 13. The molecule has 0 aliphatic heterocycles. The lowest BCUT2D eigenvalue weighted by atomic mass is 9.85. The predicted octanol–water partition coefficient (Wildman–Crippen LogP) is 2.75. The van der Waals surface area contributed by atoms with Crippen LogP contribution >= 0.6 is 11.8 Å². The minimum atomic E-state index is -0.545. The highest BCUT2D eigenvalue weighted by atomic mass is 32.2. The molecule has 0 radical (unpaired) electrons. The van der Waals surface area contributed by atoms with Crippen molar-refractivity contribution in [3.05, 3.63) is 0 Å². The number of nitrogens with one attached hydrogen (secondary N) is 2. The first kappa shape index (κ1) is 24.8. The Balaban J connectivity index is 2.73. The molecule has 1 fully saturated rings. The van der Waals surface area contributed by atoms with Gasteiger partial charge in [-0.1, -0.05) is 51.9 Å². The van der Waals surface area contributed by atoms with Crippen LogP contribution in [0.25, 0.3) is 0 Å². The lowest BCUT2D eigenvalue weighted by Gasteiger charge is -2.29. The van der Waals surface area contributed by atoms with Gasteiger partial charge in [-0.05, 0) is 25.7 Å². The topological polar surface area (TPSA) is 122 Å². The van der Waals surface area contributed by atoms with Gasteiger partial charge in [0.1, 0.15) is 0 Å². The Morgan fingerprint density at radius 1 is 1.21 bits per heavy atom. The van der Waals surface area contributed by atoms with Gasteiger partial charge in [-0.15, -0.1) is 11.8 Å². The second-order valence-electron chi connectivity index (χ2n) is 7.90. The monoisotopic (exact) mass is 415 g/mol. The minimum Gasteiger partial charge on any atom is -0.369 e. The summed E-state index contributed by atoms with van der Waals surface area (Å²) in [5.41, 5.74) is 6.99. The molecule has 3 unspecified atom stereocenters. The summed E-state index contributed by atoms with van der Waals surface area (Å²) in [7, 11) is 0. The Morgan fingerprint density at radius 2 is 1.89 bits per heavy atom. The fourth-order valence-electron chi connectivity index (χ4n) is 3.70. The van der Waals surface area contributed by atoms with E-state index in [-0.39, 0.29) is 29.5 Å². The van der Waals surface area contributed by atoms with Crippen LogP contribution in [0.4, 0.5) is 0 Å². The molecule has 5 N–H and O–H groups in total. The molecule has 1 aliphatic rings. The van der Waals surface area contributed by atoms with Crippen LogP contribution in [0.3, 0.4) is 0 Å². The summed E-state index contributed by atoms with van der Waals surface area (Å²) in [6.07, 6.45) is 9.33. The molecule has 1 aliphatic carbocycles. The van der Waals surface area contributed by atoms with E-state index in [1.165, 1.54) is 43.9 Å². The fraction of sp³-hybridized carbons (Fsp3) is 0.850. The van der Waals surface area contributed by atoms with Crippen LogP contribution in [0.2, 0.25) is 0 Å². The van der Waals surface area contributed by atoms with Crippen molar-refractivity contribution in [3.63, 3.8) is 0 Å². The fourth-order valence-corrected chi connectivity index (χ4v) is 4.61. The van der Waals surface area contributed by atoms with Crippen molar-refractivity contribution in [1.29, 1.82) is 0 Å². The van der Waals surface area contributed by atoms with Crippen molar-refractivity contribution in [3.8, 4) is 0 Å². The van der Waals surface area contributed by atoms with Gasteiger partial charge in [0.05, 0.1) is 5.25 Å². The number of primary amides is 1. The maximum atomic E-state index is 12.9. The molecule has 0 heterocycles. The molecule has 0 aromatic rings. The molecule has 3 amide bonds. The number of amides is 3. The first-order valence-electron chi connectivity index (χ1n) is 10.5. The lowest BCUT2D eigenvalue weighted by Crippen LogP contribution is -2.43. The van der Waals surface area contributed by atoms with Crippen LogP contribution in [0.5, 0.6) is 0 Å². The third-order valence-corrected chi connectivity index (χ3v) is 6.80. The summed E-state index contributed by atoms with van der Waals surface area (Å²) < 4.78 is 0. The zero-order valence-electron chi connectivity index (χ0n) is 17.2. The molecule has 0 saturated heterocycles. The van der Waals surface area contributed by atoms with Crippen molar-refractivity contribution >= 4 is 29.5 Å². The number of hydrogen-bond donors (Lipinski definition) is 4. The van der Waals surface area contributed by atoms with Gasteiger partial charge in [0.2, 0.25) is 17.7 Å². The standard InChI is InChI=1S/C20H37N3O4S/c1-3-4-10-16(12-18(24)23-27)20(26)22-17(13-28-14(2)19(21)25)11-15-8-6-5-7-9-15/h14-17,27H,3-13H2,1-2H3,(H2,21,25)(H,22,26)(H,23,24). The van der Waals surface area contributed by atoms with Gasteiger partial charge in [0.15, 0.2) is 0 Å². The van der Waals surface area contributed by atoms with E-state index in [0.29, 0.717) is 18.1 Å². The molecule has 1 saturated carbocycles. The number of nitrogens with two attached hydrogens (primary N) is 1. The Hall–Kier alpha value is -1.28. The van der Waals surface area contributed by atoms with E-state index in [0.717, 1.165) is 19.3 Å². The zero-order chi connectivity index (χ0) is 20.9. The maximum absolute atomic E-state index is 12.9. The summed E-state index contributed by atoms with van der Waals surface area (Å²) in [6.45, 7) is 3.82. The van der Waals surface area contributed by atoms with Crippen molar-refractivity contribution < 1.29 is 19.6 Å². The zero-order valence-corrected chi connectivity index (χ0v) is 18.1. The van der Waals surface area contributed by atoms with E-state index in [1.54, 1.807) is 12.4 Å².